The van der Waals surface area contributed by atoms with Gasteiger partial charge in [0.1, 0.15) is 0 Å². The number of aryl methyl sites for hydroxylation is 1. The number of hydrogen-bond acceptors (Lipinski definition) is 2. The van der Waals surface area contributed by atoms with Crippen molar-refractivity contribution in [1.82, 2.24) is 4.90 Å². The molecule has 0 N–H and O–H groups in total. The summed E-state index contributed by atoms with van der Waals surface area (Å²) in [7, 11) is 0. The zero-order chi connectivity index (χ0) is 16.9. The third kappa shape index (κ3) is 4.50. The first-order valence-corrected chi connectivity index (χ1v) is 10.4. The van der Waals surface area contributed by atoms with Gasteiger partial charge in [-0.05, 0) is 80.7 Å². The van der Waals surface area contributed by atoms with Crippen molar-refractivity contribution in [2.24, 2.45) is 5.92 Å². The molecule has 130 valence electrons. The average molecular weight is 350 g/mol. The summed E-state index contributed by atoms with van der Waals surface area (Å²) < 4.78 is 1.43. The number of thiophene rings is 1. The Balaban J connectivity index is 1.20. The van der Waals surface area contributed by atoms with E-state index in [2.05, 4.69) is 65.6 Å². The van der Waals surface area contributed by atoms with Gasteiger partial charge in [-0.3, -0.25) is 0 Å². The van der Waals surface area contributed by atoms with Crippen LogP contribution in [0.25, 0.3) is 10.1 Å². The van der Waals surface area contributed by atoms with E-state index in [1.54, 1.807) is 4.88 Å². The van der Waals surface area contributed by atoms with E-state index in [4.69, 9.17) is 0 Å². The van der Waals surface area contributed by atoms with Crippen LogP contribution < -0.4 is 0 Å². The van der Waals surface area contributed by atoms with Gasteiger partial charge in [-0.25, -0.2) is 0 Å². The van der Waals surface area contributed by atoms with Gasteiger partial charge in [0, 0.05) is 9.58 Å². The van der Waals surface area contributed by atoms with Gasteiger partial charge in [-0.1, -0.05) is 48.5 Å². The number of hydrogen-bond donors (Lipinski definition) is 0. The lowest BCUT2D eigenvalue weighted by Gasteiger charge is -2.32. The van der Waals surface area contributed by atoms with Crippen molar-refractivity contribution in [2.45, 2.75) is 32.1 Å². The summed E-state index contributed by atoms with van der Waals surface area (Å²) in [5.74, 6) is 0.876. The fourth-order valence-corrected chi connectivity index (χ4v) is 5.10. The molecular formula is C23H27NS. The van der Waals surface area contributed by atoms with Crippen LogP contribution in [0.5, 0.6) is 0 Å². The Bertz CT molecular complexity index is 751. The Morgan fingerprint density at radius 3 is 2.48 bits per heavy atom. The number of fused-ring (bicyclic) bond motifs is 1. The molecule has 0 unspecified atom stereocenters. The molecule has 0 amide bonds. The second-order valence-corrected chi connectivity index (χ2v) is 8.50. The first-order chi connectivity index (χ1) is 12.4. The molecule has 0 spiro atoms. The topological polar surface area (TPSA) is 3.24 Å². The van der Waals surface area contributed by atoms with E-state index in [9.17, 15) is 0 Å². The minimum absolute atomic E-state index is 0.876. The molecule has 2 heteroatoms. The highest BCUT2D eigenvalue weighted by molar-refractivity contribution is 7.19. The lowest BCUT2D eigenvalue weighted by atomic mass is 9.90. The van der Waals surface area contributed by atoms with E-state index in [-0.39, 0.29) is 0 Å². The highest BCUT2D eigenvalue weighted by Crippen LogP contribution is 2.26. The smallest absolute Gasteiger partial charge is 0.0345 e. The number of likely N-dealkylation sites (tertiary alicyclic amines) is 1. The molecule has 1 aliphatic rings. The Labute approximate surface area is 155 Å². The summed E-state index contributed by atoms with van der Waals surface area (Å²) in [5, 5.41) is 1.41. The molecule has 1 saturated heterocycles. The molecule has 0 atom stereocenters. The first kappa shape index (κ1) is 16.8. The summed E-state index contributed by atoms with van der Waals surface area (Å²) in [6.45, 7) is 3.82. The minimum Gasteiger partial charge on any atom is -0.303 e. The predicted octanol–water partition coefficient (Wildman–Crippen LogP) is 5.79. The van der Waals surface area contributed by atoms with Crippen LogP contribution in [-0.4, -0.2) is 24.5 Å². The SMILES string of the molecule is c1ccc(CC2CCN(CCCc3cc4ccccc4s3)CC2)cc1. The monoisotopic (exact) mass is 349 g/mol. The largest absolute Gasteiger partial charge is 0.303 e. The molecule has 3 aromatic rings. The van der Waals surface area contributed by atoms with Gasteiger partial charge in [0.05, 0.1) is 0 Å². The van der Waals surface area contributed by atoms with Crippen LogP contribution in [0.2, 0.25) is 0 Å². The van der Waals surface area contributed by atoms with Gasteiger partial charge in [-0.15, -0.1) is 11.3 Å². The van der Waals surface area contributed by atoms with Crippen molar-refractivity contribution < 1.29 is 0 Å². The summed E-state index contributed by atoms with van der Waals surface area (Å²) in [4.78, 5) is 4.22. The van der Waals surface area contributed by atoms with Crippen LogP contribution in [0.15, 0.2) is 60.7 Å². The van der Waals surface area contributed by atoms with E-state index in [0.29, 0.717) is 0 Å². The second kappa shape index (κ2) is 8.16. The maximum absolute atomic E-state index is 2.68. The van der Waals surface area contributed by atoms with Gasteiger partial charge >= 0.3 is 0 Å². The maximum Gasteiger partial charge on any atom is 0.0345 e. The third-order valence-electron chi connectivity index (χ3n) is 5.45. The van der Waals surface area contributed by atoms with Crippen molar-refractivity contribution in [3.63, 3.8) is 0 Å². The van der Waals surface area contributed by atoms with Crippen LogP contribution in [0.1, 0.15) is 29.7 Å². The van der Waals surface area contributed by atoms with Gasteiger partial charge in [0.25, 0.3) is 0 Å². The number of nitrogens with zero attached hydrogens (tertiary/aromatic N) is 1. The molecule has 1 aliphatic heterocycles. The van der Waals surface area contributed by atoms with Gasteiger partial charge in [0.15, 0.2) is 0 Å². The normalized spacial score (nSPS) is 16.5. The molecule has 0 aliphatic carbocycles. The van der Waals surface area contributed by atoms with Crippen LogP contribution >= 0.6 is 11.3 Å². The average Bonchev–Trinajstić information content (AvgIpc) is 3.07. The predicted molar refractivity (Wildman–Crippen MR) is 109 cm³/mol. The van der Waals surface area contributed by atoms with E-state index in [0.717, 1.165) is 5.92 Å². The molecule has 1 fully saturated rings. The zero-order valence-electron chi connectivity index (χ0n) is 14.9. The fraction of sp³-hybridized carbons (Fsp3) is 0.391. The second-order valence-electron chi connectivity index (χ2n) is 7.33. The molecule has 2 heterocycles. The Hall–Kier alpha value is -1.64. The highest BCUT2D eigenvalue weighted by atomic mass is 32.1. The Kier molecular flexibility index (Phi) is 5.49. The van der Waals surface area contributed by atoms with E-state index < -0.39 is 0 Å². The Morgan fingerprint density at radius 2 is 1.68 bits per heavy atom. The van der Waals surface area contributed by atoms with Crippen LogP contribution in [0.3, 0.4) is 0 Å². The number of piperidine rings is 1. The van der Waals surface area contributed by atoms with Crippen molar-refractivity contribution in [2.75, 3.05) is 19.6 Å². The van der Waals surface area contributed by atoms with E-state index in [1.165, 1.54) is 67.4 Å². The molecule has 1 nitrogen and oxygen atoms in total. The van der Waals surface area contributed by atoms with Crippen LogP contribution in [0.4, 0.5) is 0 Å². The molecule has 0 radical (unpaired) electrons. The summed E-state index contributed by atoms with van der Waals surface area (Å²) in [5.41, 5.74) is 1.51. The molecule has 0 bridgehead atoms. The third-order valence-corrected chi connectivity index (χ3v) is 6.62. The molecule has 25 heavy (non-hydrogen) atoms. The lowest BCUT2D eigenvalue weighted by molar-refractivity contribution is 0.182. The fourth-order valence-electron chi connectivity index (χ4n) is 4.00. The Morgan fingerprint density at radius 1 is 0.920 bits per heavy atom. The summed E-state index contributed by atoms with van der Waals surface area (Å²) >= 11 is 1.97. The van der Waals surface area contributed by atoms with E-state index in [1.807, 2.05) is 11.3 Å². The molecule has 4 rings (SSSR count). The zero-order valence-corrected chi connectivity index (χ0v) is 15.7. The van der Waals surface area contributed by atoms with Gasteiger partial charge < -0.3 is 4.90 Å². The minimum atomic E-state index is 0.876. The number of benzene rings is 2. The molecule has 0 saturated carbocycles. The number of rotatable bonds is 6. The van der Waals surface area contributed by atoms with Crippen molar-refractivity contribution in [1.29, 1.82) is 0 Å². The molecule has 2 aromatic carbocycles. The quantitative estimate of drug-likeness (QED) is 0.544. The van der Waals surface area contributed by atoms with Crippen molar-refractivity contribution in [3.05, 3.63) is 71.1 Å². The van der Waals surface area contributed by atoms with E-state index >= 15 is 0 Å². The molecular weight excluding hydrogens is 322 g/mol. The molecule has 1 aromatic heterocycles. The lowest BCUT2D eigenvalue weighted by Crippen LogP contribution is -2.35. The van der Waals surface area contributed by atoms with Crippen molar-refractivity contribution >= 4 is 21.4 Å². The summed E-state index contributed by atoms with van der Waals surface area (Å²) in [6.07, 6.45) is 6.49. The maximum atomic E-state index is 2.68. The van der Waals surface area contributed by atoms with Crippen LogP contribution in [-0.2, 0) is 12.8 Å². The van der Waals surface area contributed by atoms with Crippen LogP contribution in [0, 0.1) is 5.92 Å². The van der Waals surface area contributed by atoms with Gasteiger partial charge in [0.2, 0.25) is 0 Å². The summed E-state index contributed by atoms with van der Waals surface area (Å²) in [6, 6.07) is 22.1. The highest BCUT2D eigenvalue weighted by Gasteiger charge is 2.19. The van der Waals surface area contributed by atoms with Gasteiger partial charge in [-0.2, -0.15) is 0 Å². The first-order valence-electron chi connectivity index (χ1n) is 9.60. The standard InChI is InChI=1S/C23H27NS/c1-2-7-19(8-3-1)17-20-12-15-24(16-13-20)14-6-10-22-18-21-9-4-5-11-23(21)25-22/h1-5,7-9,11,18,20H,6,10,12-17H2. The van der Waals surface area contributed by atoms with Crippen molar-refractivity contribution in [3.8, 4) is 0 Å².